The molecule has 1 amide bonds. The van der Waals surface area contributed by atoms with Crippen molar-refractivity contribution in [3.05, 3.63) is 16.9 Å². The van der Waals surface area contributed by atoms with Gasteiger partial charge in [-0.15, -0.1) is 0 Å². The highest BCUT2D eigenvalue weighted by atomic mass is 32.1. The first-order chi connectivity index (χ1) is 9.06. The Kier molecular flexibility index (Phi) is 3.84. The number of likely N-dealkylation sites (N-methyl/N-ethyl adjacent to an activating group) is 1. The standard InChI is InChI=1S/C12H16N4O2S/c1-4-15(2)10(17)7-16-11-8(13-12(16)19)5-6-9(14-11)18-3/h5-6H,4,7H2,1-3H3,(H,13,19). The number of carbonyl (C=O) groups is 1. The van der Waals surface area contributed by atoms with Crippen LogP contribution in [0.2, 0.25) is 0 Å². The fourth-order valence-corrected chi connectivity index (χ4v) is 1.97. The second-order valence-corrected chi connectivity index (χ2v) is 4.54. The molecular formula is C12H16N4O2S. The summed E-state index contributed by atoms with van der Waals surface area (Å²) in [5, 5.41) is 0. The molecule has 0 radical (unpaired) electrons. The summed E-state index contributed by atoms with van der Waals surface area (Å²) in [6.45, 7) is 2.75. The number of carbonyl (C=O) groups excluding carboxylic acids is 1. The number of aromatic amines is 1. The van der Waals surface area contributed by atoms with Crippen LogP contribution in [0.15, 0.2) is 12.1 Å². The van der Waals surface area contributed by atoms with E-state index in [2.05, 4.69) is 9.97 Å². The van der Waals surface area contributed by atoms with E-state index < -0.39 is 0 Å². The zero-order valence-electron chi connectivity index (χ0n) is 11.1. The van der Waals surface area contributed by atoms with Gasteiger partial charge in [0.2, 0.25) is 11.8 Å². The predicted molar refractivity (Wildman–Crippen MR) is 74.8 cm³/mol. The van der Waals surface area contributed by atoms with Crippen molar-refractivity contribution >= 4 is 29.3 Å². The molecule has 2 heterocycles. The summed E-state index contributed by atoms with van der Waals surface area (Å²) >= 11 is 5.23. The Morgan fingerprint density at radius 1 is 1.58 bits per heavy atom. The van der Waals surface area contributed by atoms with E-state index in [0.717, 1.165) is 5.52 Å². The molecule has 0 unspecified atom stereocenters. The van der Waals surface area contributed by atoms with Crippen LogP contribution in [0.5, 0.6) is 5.88 Å². The predicted octanol–water partition coefficient (Wildman–Crippen LogP) is 1.58. The zero-order chi connectivity index (χ0) is 14.0. The lowest BCUT2D eigenvalue weighted by molar-refractivity contribution is -0.130. The van der Waals surface area contributed by atoms with E-state index in [1.165, 1.54) is 0 Å². The Morgan fingerprint density at radius 3 is 2.95 bits per heavy atom. The minimum absolute atomic E-state index is 0.0101. The molecule has 102 valence electrons. The molecule has 2 aromatic heterocycles. The molecule has 1 N–H and O–H groups in total. The van der Waals surface area contributed by atoms with Crippen LogP contribution in [-0.2, 0) is 11.3 Å². The molecular weight excluding hydrogens is 264 g/mol. The Labute approximate surface area is 116 Å². The van der Waals surface area contributed by atoms with Crippen molar-refractivity contribution in [3.63, 3.8) is 0 Å². The van der Waals surface area contributed by atoms with Gasteiger partial charge in [0.05, 0.1) is 12.6 Å². The summed E-state index contributed by atoms with van der Waals surface area (Å²) in [5.41, 5.74) is 1.42. The number of aromatic nitrogens is 3. The normalized spacial score (nSPS) is 10.7. The van der Waals surface area contributed by atoms with Gasteiger partial charge in [-0.2, -0.15) is 4.98 Å². The summed E-state index contributed by atoms with van der Waals surface area (Å²) in [4.78, 5) is 21.0. The molecule has 0 bridgehead atoms. The molecule has 0 aliphatic heterocycles. The van der Waals surface area contributed by atoms with Gasteiger partial charge in [-0.1, -0.05) is 0 Å². The number of ether oxygens (including phenoxy) is 1. The molecule has 19 heavy (non-hydrogen) atoms. The van der Waals surface area contributed by atoms with Crippen molar-refractivity contribution in [2.24, 2.45) is 0 Å². The third-order valence-corrected chi connectivity index (χ3v) is 3.32. The summed E-state index contributed by atoms with van der Waals surface area (Å²) in [6.07, 6.45) is 0. The van der Waals surface area contributed by atoms with E-state index >= 15 is 0 Å². The van der Waals surface area contributed by atoms with Crippen LogP contribution >= 0.6 is 12.2 Å². The number of fused-ring (bicyclic) bond motifs is 1. The summed E-state index contributed by atoms with van der Waals surface area (Å²) < 4.78 is 7.25. The number of hydrogen-bond acceptors (Lipinski definition) is 4. The minimum Gasteiger partial charge on any atom is -0.481 e. The maximum Gasteiger partial charge on any atom is 0.242 e. The van der Waals surface area contributed by atoms with Crippen molar-refractivity contribution in [1.29, 1.82) is 0 Å². The van der Waals surface area contributed by atoms with Crippen LogP contribution in [0.1, 0.15) is 6.92 Å². The number of H-pyrrole nitrogens is 1. The van der Waals surface area contributed by atoms with E-state index in [4.69, 9.17) is 17.0 Å². The molecule has 0 aliphatic carbocycles. The van der Waals surface area contributed by atoms with E-state index in [1.807, 2.05) is 13.0 Å². The zero-order valence-corrected chi connectivity index (χ0v) is 12.0. The summed E-state index contributed by atoms with van der Waals surface area (Å²) in [6, 6.07) is 3.58. The van der Waals surface area contributed by atoms with Crippen molar-refractivity contribution in [2.45, 2.75) is 13.5 Å². The van der Waals surface area contributed by atoms with Crippen molar-refractivity contribution in [3.8, 4) is 5.88 Å². The Hall–Kier alpha value is -1.89. The molecule has 2 rings (SSSR count). The number of nitrogens with zero attached hydrogens (tertiary/aromatic N) is 3. The first kappa shape index (κ1) is 13.5. The SMILES string of the molecule is CCN(C)C(=O)Cn1c(=S)[nH]c2ccc(OC)nc21. The van der Waals surface area contributed by atoms with Gasteiger partial charge in [0, 0.05) is 19.7 Å². The van der Waals surface area contributed by atoms with Crippen LogP contribution in [0.4, 0.5) is 0 Å². The molecule has 0 aromatic carbocycles. The molecule has 0 saturated carbocycles. The Bertz CT molecular complexity index is 661. The number of rotatable bonds is 4. The Morgan fingerprint density at radius 2 is 2.32 bits per heavy atom. The van der Waals surface area contributed by atoms with Gasteiger partial charge < -0.3 is 14.6 Å². The molecule has 0 fully saturated rings. The fourth-order valence-electron chi connectivity index (χ4n) is 1.71. The van der Waals surface area contributed by atoms with Crippen LogP contribution in [0.25, 0.3) is 11.2 Å². The smallest absolute Gasteiger partial charge is 0.242 e. The average molecular weight is 280 g/mol. The van der Waals surface area contributed by atoms with E-state index in [9.17, 15) is 4.79 Å². The molecule has 0 spiro atoms. The van der Waals surface area contributed by atoms with Crippen LogP contribution in [0, 0.1) is 4.77 Å². The molecule has 2 aromatic rings. The lowest BCUT2D eigenvalue weighted by atomic mass is 10.4. The van der Waals surface area contributed by atoms with Gasteiger partial charge in [-0.25, -0.2) is 0 Å². The third-order valence-electron chi connectivity index (χ3n) is 2.99. The van der Waals surface area contributed by atoms with Crippen LogP contribution in [0.3, 0.4) is 0 Å². The van der Waals surface area contributed by atoms with Gasteiger partial charge >= 0.3 is 0 Å². The number of nitrogens with one attached hydrogen (secondary N) is 1. The minimum atomic E-state index is -0.0101. The van der Waals surface area contributed by atoms with E-state index in [-0.39, 0.29) is 12.5 Å². The number of pyridine rings is 1. The van der Waals surface area contributed by atoms with Gasteiger partial charge in [0.25, 0.3) is 0 Å². The van der Waals surface area contributed by atoms with Crippen molar-refractivity contribution in [2.75, 3.05) is 20.7 Å². The molecule has 0 saturated heterocycles. The first-order valence-electron chi connectivity index (χ1n) is 5.94. The molecule has 7 heteroatoms. The number of hydrogen-bond donors (Lipinski definition) is 1. The second kappa shape index (κ2) is 5.40. The monoisotopic (exact) mass is 280 g/mol. The lowest BCUT2D eigenvalue weighted by Crippen LogP contribution is -2.30. The van der Waals surface area contributed by atoms with Crippen molar-refractivity contribution < 1.29 is 9.53 Å². The van der Waals surface area contributed by atoms with Gasteiger partial charge in [0.15, 0.2) is 10.4 Å². The van der Waals surface area contributed by atoms with Crippen LogP contribution in [-0.4, -0.2) is 46.0 Å². The number of imidazole rings is 1. The fraction of sp³-hybridized carbons (Fsp3) is 0.417. The van der Waals surface area contributed by atoms with E-state index in [0.29, 0.717) is 22.8 Å². The Balaban J connectivity index is 2.44. The molecule has 0 atom stereocenters. The molecule has 0 aliphatic rings. The first-order valence-corrected chi connectivity index (χ1v) is 6.35. The average Bonchev–Trinajstić information content (AvgIpc) is 2.73. The topological polar surface area (TPSA) is 63.2 Å². The second-order valence-electron chi connectivity index (χ2n) is 4.15. The largest absolute Gasteiger partial charge is 0.481 e. The summed E-state index contributed by atoms with van der Waals surface area (Å²) in [7, 11) is 3.31. The van der Waals surface area contributed by atoms with Crippen LogP contribution < -0.4 is 4.74 Å². The van der Waals surface area contributed by atoms with E-state index in [1.54, 1.807) is 29.7 Å². The molecule has 6 nitrogen and oxygen atoms in total. The highest BCUT2D eigenvalue weighted by molar-refractivity contribution is 7.71. The third kappa shape index (κ3) is 2.60. The number of methoxy groups -OCH3 is 1. The van der Waals surface area contributed by atoms with Gasteiger partial charge in [-0.3, -0.25) is 9.36 Å². The quantitative estimate of drug-likeness (QED) is 0.864. The maximum atomic E-state index is 12.0. The maximum absolute atomic E-state index is 12.0. The highest BCUT2D eigenvalue weighted by Crippen LogP contribution is 2.16. The lowest BCUT2D eigenvalue weighted by Gasteiger charge is -2.14. The van der Waals surface area contributed by atoms with Gasteiger partial charge in [0.1, 0.15) is 6.54 Å². The highest BCUT2D eigenvalue weighted by Gasteiger charge is 2.13. The van der Waals surface area contributed by atoms with Gasteiger partial charge in [-0.05, 0) is 25.2 Å². The number of amides is 1. The summed E-state index contributed by atoms with van der Waals surface area (Å²) in [5.74, 6) is 0.482. The van der Waals surface area contributed by atoms with Crippen molar-refractivity contribution in [1.82, 2.24) is 19.4 Å².